The van der Waals surface area contributed by atoms with Crippen molar-refractivity contribution >= 4 is 5.91 Å². The van der Waals surface area contributed by atoms with Gasteiger partial charge in [-0.1, -0.05) is 31.2 Å². The number of benzene rings is 2. The van der Waals surface area contributed by atoms with Crippen molar-refractivity contribution in [2.24, 2.45) is 0 Å². The Kier molecular flexibility index (Phi) is 4.82. The van der Waals surface area contributed by atoms with Crippen LogP contribution in [0.1, 0.15) is 28.4 Å². The summed E-state index contributed by atoms with van der Waals surface area (Å²) >= 11 is 0. The van der Waals surface area contributed by atoms with Gasteiger partial charge in [0.25, 0.3) is 5.91 Å². The summed E-state index contributed by atoms with van der Waals surface area (Å²) in [4.78, 5) is 12.1. The molecule has 0 atom stereocenters. The van der Waals surface area contributed by atoms with Crippen molar-refractivity contribution in [3.05, 3.63) is 59.2 Å². The highest BCUT2D eigenvalue weighted by molar-refractivity contribution is 5.94. The molecule has 0 aliphatic carbocycles. The molecule has 0 spiro atoms. The average Bonchev–Trinajstić information content (AvgIpc) is 2.52. The summed E-state index contributed by atoms with van der Waals surface area (Å²) < 4.78 is 4.96. The molecule has 0 heterocycles. The summed E-state index contributed by atoms with van der Waals surface area (Å²) in [6.07, 6.45) is 0.926. The second-order valence-corrected chi connectivity index (χ2v) is 4.69. The quantitative estimate of drug-likeness (QED) is 0.888. The summed E-state index contributed by atoms with van der Waals surface area (Å²) in [6.45, 7) is 2.55. The maximum absolute atomic E-state index is 12.1. The van der Waals surface area contributed by atoms with Gasteiger partial charge in [0, 0.05) is 12.1 Å². The van der Waals surface area contributed by atoms with Crippen LogP contribution in [0.25, 0.3) is 0 Å². The summed E-state index contributed by atoms with van der Waals surface area (Å²) in [5.41, 5.74) is 2.73. The molecule has 21 heavy (non-hydrogen) atoms. The lowest BCUT2D eigenvalue weighted by molar-refractivity contribution is 0.0950. The molecular formula is C17H19NO3. The Bertz CT molecular complexity index is 638. The molecule has 2 aromatic carbocycles. The number of methoxy groups -OCH3 is 1. The molecule has 4 nitrogen and oxygen atoms in total. The van der Waals surface area contributed by atoms with E-state index in [2.05, 4.69) is 18.3 Å². The molecule has 110 valence electrons. The number of carbonyl (C=O) groups is 1. The summed E-state index contributed by atoms with van der Waals surface area (Å²) in [7, 11) is 1.47. The first-order valence-corrected chi connectivity index (χ1v) is 6.87. The van der Waals surface area contributed by atoms with Gasteiger partial charge < -0.3 is 15.2 Å². The van der Waals surface area contributed by atoms with Crippen molar-refractivity contribution in [1.29, 1.82) is 0 Å². The van der Waals surface area contributed by atoms with E-state index in [1.165, 1.54) is 18.7 Å². The number of rotatable bonds is 5. The lowest BCUT2D eigenvalue weighted by Crippen LogP contribution is -2.23. The van der Waals surface area contributed by atoms with Gasteiger partial charge in [-0.15, -0.1) is 0 Å². The van der Waals surface area contributed by atoms with E-state index in [0.29, 0.717) is 17.9 Å². The fourth-order valence-corrected chi connectivity index (χ4v) is 2.18. The molecule has 0 unspecified atom stereocenters. The highest BCUT2D eigenvalue weighted by Crippen LogP contribution is 2.26. The monoisotopic (exact) mass is 285 g/mol. The molecule has 0 saturated heterocycles. The van der Waals surface area contributed by atoms with Crippen molar-refractivity contribution in [3.8, 4) is 11.5 Å². The lowest BCUT2D eigenvalue weighted by Gasteiger charge is -2.10. The zero-order valence-corrected chi connectivity index (χ0v) is 12.2. The van der Waals surface area contributed by atoms with Crippen molar-refractivity contribution in [2.45, 2.75) is 19.9 Å². The number of hydrogen-bond acceptors (Lipinski definition) is 3. The minimum Gasteiger partial charge on any atom is -0.504 e. The highest BCUT2D eigenvalue weighted by Gasteiger charge is 2.10. The first kappa shape index (κ1) is 14.9. The van der Waals surface area contributed by atoms with Crippen LogP contribution in [0.5, 0.6) is 11.5 Å². The number of hydrogen-bond donors (Lipinski definition) is 2. The Balaban J connectivity index is 2.06. The fraction of sp³-hybridized carbons (Fsp3) is 0.235. The molecule has 0 aliphatic rings. The Hall–Kier alpha value is -2.49. The van der Waals surface area contributed by atoms with Gasteiger partial charge in [-0.3, -0.25) is 4.79 Å². The summed E-state index contributed by atoms with van der Waals surface area (Å²) in [6, 6.07) is 12.6. The Morgan fingerprint density at radius 2 is 1.90 bits per heavy atom. The topological polar surface area (TPSA) is 58.6 Å². The van der Waals surface area contributed by atoms with E-state index in [9.17, 15) is 9.90 Å². The number of phenolic OH excluding ortho intramolecular Hbond substituents is 1. The number of amides is 1. The van der Waals surface area contributed by atoms with Crippen LogP contribution in [0.4, 0.5) is 0 Å². The number of nitrogens with one attached hydrogen (secondary N) is 1. The van der Waals surface area contributed by atoms with Gasteiger partial charge in [0.15, 0.2) is 11.5 Å². The fourth-order valence-electron chi connectivity index (χ4n) is 2.18. The molecule has 0 fully saturated rings. The van der Waals surface area contributed by atoms with Gasteiger partial charge >= 0.3 is 0 Å². The molecule has 0 radical (unpaired) electrons. The minimum atomic E-state index is -0.223. The molecule has 0 bridgehead atoms. The zero-order valence-electron chi connectivity index (χ0n) is 12.2. The average molecular weight is 285 g/mol. The standard InChI is InChI=1S/C17H19NO3/c1-3-12-6-4-5-7-14(12)11-18-17(20)13-8-9-16(21-2)15(19)10-13/h4-10,19H,3,11H2,1-2H3,(H,18,20). The van der Waals surface area contributed by atoms with Crippen LogP contribution in [0, 0.1) is 0 Å². The van der Waals surface area contributed by atoms with E-state index in [4.69, 9.17) is 4.74 Å². The van der Waals surface area contributed by atoms with Crippen molar-refractivity contribution in [2.75, 3.05) is 7.11 Å². The van der Waals surface area contributed by atoms with Crippen LogP contribution in [0.2, 0.25) is 0 Å². The van der Waals surface area contributed by atoms with Crippen LogP contribution >= 0.6 is 0 Å². The SMILES string of the molecule is CCc1ccccc1CNC(=O)c1ccc(OC)c(O)c1. The van der Waals surface area contributed by atoms with E-state index in [-0.39, 0.29) is 11.7 Å². The van der Waals surface area contributed by atoms with E-state index in [0.717, 1.165) is 12.0 Å². The second-order valence-electron chi connectivity index (χ2n) is 4.69. The van der Waals surface area contributed by atoms with Crippen LogP contribution in [0.15, 0.2) is 42.5 Å². The van der Waals surface area contributed by atoms with Crippen molar-refractivity contribution in [1.82, 2.24) is 5.32 Å². The van der Waals surface area contributed by atoms with Gasteiger partial charge in [0.1, 0.15) is 0 Å². The van der Waals surface area contributed by atoms with Crippen LogP contribution in [-0.2, 0) is 13.0 Å². The van der Waals surface area contributed by atoms with E-state index in [1.807, 2.05) is 18.2 Å². The van der Waals surface area contributed by atoms with Gasteiger partial charge in [-0.2, -0.15) is 0 Å². The van der Waals surface area contributed by atoms with E-state index >= 15 is 0 Å². The molecule has 2 rings (SSSR count). The maximum atomic E-state index is 12.1. The Labute approximate surface area is 124 Å². The Morgan fingerprint density at radius 3 is 2.52 bits per heavy atom. The molecule has 0 saturated carbocycles. The Morgan fingerprint density at radius 1 is 1.19 bits per heavy atom. The van der Waals surface area contributed by atoms with Crippen molar-refractivity contribution in [3.63, 3.8) is 0 Å². The predicted molar refractivity (Wildman–Crippen MR) is 81.6 cm³/mol. The summed E-state index contributed by atoms with van der Waals surface area (Å²) in [5.74, 6) is 0.0841. The molecule has 2 N–H and O–H groups in total. The van der Waals surface area contributed by atoms with Crippen LogP contribution in [-0.4, -0.2) is 18.1 Å². The second kappa shape index (κ2) is 6.79. The van der Waals surface area contributed by atoms with E-state index in [1.54, 1.807) is 12.1 Å². The van der Waals surface area contributed by atoms with E-state index < -0.39 is 0 Å². The highest BCUT2D eigenvalue weighted by atomic mass is 16.5. The van der Waals surface area contributed by atoms with Gasteiger partial charge in [-0.25, -0.2) is 0 Å². The van der Waals surface area contributed by atoms with Crippen LogP contribution in [0.3, 0.4) is 0 Å². The number of carbonyl (C=O) groups excluding carboxylic acids is 1. The normalized spacial score (nSPS) is 10.2. The zero-order chi connectivity index (χ0) is 15.2. The lowest BCUT2D eigenvalue weighted by atomic mass is 10.1. The number of ether oxygens (including phenoxy) is 1. The van der Waals surface area contributed by atoms with Crippen molar-refractivity contribution < 1.29 is 14.6 Å². The molecule has 1 amide bonds. The third-order valence-electron chi connectivity index (χ3n) is 3.38. The van der Waals surface area contributed by atoms with Crippen LogP contribution < -0.4 is 10.1 Å². The molecular weight excluding hydrogens is 266 g/mol. The third-order valence-corrected chi connectivity index (χ3v) is 3.38. The number of aromatic hydroxyl groups is 1. The first-order chi connectivity index (χ1) is 10.2. The predicted octanol–water partition coefficient (Wildman–Crippen LogP) is 2.89. The minimum absolute atomic E-state index is 0.0425. The number of aryl methyl sites for hydroxylation is 1. The molecule has 2 aromatic rings. The molecule has 0 aliphatic heterocycles. The van der Waals surface area contributed by atoms with Gasteiger partial charge in [-0.05, 0) is 35.7 Å². The maximum Gasteiger partial charge on any atom is 0.251 e. The van der Waals surface area contributed by atoms with Gasteiger partial charge in [0.05, 0.1) is 7.11 Å². The van der Waals surface area contributed by atoms with Gasteiger partial charge in [0.2, 0.25) is 0 Å². The number of phenols is 1. The summed E-state index contributed by atoms with van der Waals surface area (Å²) in [5, 5.41) is 12.6. The molecule has 0 aromatic heterocycles. The first-order valence-electron chi connectivity index (χ1n) is 6.87. The molecule has 4 heteroatoms. The smallest absolute Gasteiger partial charge is 0.251 e. The largest absolute Gasteiger partial charge is 0.504 e. The third kappa shape index (κ3) is 3.54.